The van der Waals surface area contributed by atoms with Crippen LogP contribution in [-0.4, -0.2) is 15.6 Å². The van der Waals surface area contributed by atoms with Crippen LogP contribution in [0.4, 0.5) is 0 Å². The molecule has 0 amide bonds. The number of nitrogens with zero attached hydrogens (tertiary/aromatic N) is 1. The summed E-state index contributed by atoms with van der Waals surface area (Å²) in [7, 11) is 3.44. The third kappa shape index (κ3) is 0.937. The molecule has 1 aromatic rings. The molecule has 0 aromatic carbocycles. The summed E-state index contributed by atoms with van der Waals surface area (Å²) in [6.45, 7) is 0. The van der Waals surface area contributed by atoms with Crippen LogP contribution in [0.3, 0.4) is 0 Å². The molecule has 9 heavy (non-hydrogen) atoms. The Morgan fingerprint density at radius 2 is 2.44 bits per heavy atom. The highest BCUT2D eigenvalue weighted by molar-refractivity contribution is 5.85. The van der Waals surface area contributed by atoms with Crippen LogP contribution in [0.2, 0.25) is 0 Å². The lowest BCUT2D eigenvalue weighted by atomic mass is 10.4. The molecule has 1 rings (SSSR count). The number of aromatic nitrogens is 1. The quantitative estimate of drug-likeness (QED) is 0.602. The van der Waals surface area contributed by atoms with Gasteiger partial charge in [0.2, 0.25) is 0 Å². The zero-order chi connectivity index (χ0) is 6.85. The van der Waals surface area contributed by atoms with Gasteiger partial charge in [-0.1, -0.05) is 0 Å². The minimum absolute atomic E-state index is 0.204. The summed E-state index contributed by atoms with van der Waals surface area (Å²) < 4.78 is 1.31. The third-order valence-corrected chi connectivity index (χ3v) is 1.05. The molecule has 0 aliphatic rings. The van der Waals surface area contributed by atoms with E-state index in [1.165, 1.54) is 10.6 Å². The van der Waals surface area contributed by atoms with Crippen LogP contribution in [-0.2, 0) is 0 Å². The van der Waals surface area contributed by atoms with E-state index in [2.05, 4.69) is 7.05 Å². The summed E-state index contributed by atoms with van der Waals surface area (Å²) in [5.74, 6) is -0.949. The Morgan fingerprint density at radius 3 is 2.67 bits per heavy atom. The van der Waals surface area contributed by atoms with Gasteiger partial charge in [-0.2, -0.15) is 0 Å². The maximum absolute atomic E-state index is 10.2. The zero-order valence-electron chi connectivity index (χ0n) is 4.74. The van der Waals surface area contributed by atoms with E-state index < -0.39 is 5.97 Å². The highest BCUT2D eigenvalue weighted by Gasteiger charge is 2.03. The van der Waals surface area contributed by atoms with Crippen molar-refractivity contribution in [3.63, 3.8) is 0 Å². The summed E-state index contributed by atoms with van der Waals surface area (Å²) >= 11 is 0. The van der Waals surface area contributed by atoms with Gasteiger partial charge in [0.15, 0.2) is 0 Å². The lowest BCUT2D eigenvalue weighted by molar-refractivity contribution is 0.0688. The summed E-state index contributed by atoms with van der Waals surface area (Å²) in [5, 5.41) is 8.39. The van der Waals surface area contributed by atoms with Crippen molar-refractivity contribution in [2.75, 3.05) is 0 Å². The molecule has 3 nitrogen and oxygen atoms in total. The van der Waals surface area contributed by atoms with Crippen molar-refractivity contribution in [2.45, 2.75) is 0 Å². The second kappa shape index (κ2) is 1.93. The summed E-state index contributed by atoms with van der Waals surface area (Å²) in [4.78, 5) is 10.2. The maximum atomic E-state index is 10.2. The first-order valence-electron chi connectivity index (χ1n) is 2.43. The molecule has 0 atom stereocenters. The standard InChI is InChI=1S/C6H6NO2/c1-7-4-2-3-5(7)6(8)9/h2-4H,1H2,(H,8,9). The van der Waals surface area contributed by atoms with Crippen molar-refractivity contribution < 1.29 is 9.90 Å². The first kappa shape index (κ1) is 5.88. The smallest absolute Gasteiger partial charge is 0.352 e. The van der Waals surface area contributed by atoms with Crippen LogP contribution in [0.15, 0.2) is 18.3 Å². The van der Waals surface area contributed by atoms with Crippen molar-refractivity contribution in [1.29, 1.82) is 0 Å². The van der Waals surface area contributed by atoms with E-state index in [0.29, 0.717) is 0 Å². The SMILES string of the molecule is [CH2]n1cccc1C(=O)O. The first-order valence-corrected chi connectivity index (χ1v) is 2.43. The predicted octanol–water partition coefficient (Wildman–Crippen LogP) is 0.826. The van der Waals surface area contributed by atoms with Gasteiger partial charge < -0.3 is 9.67 Å². The van der Waals surface area contributed by atoms with Crippen LogP contribution in [0.25, 0.3) is 0 Å². The lowest BCUT2D eigenvalue weighted by Gasteiger charge is -1.92. The van der Waals surface area contributed by atoms with Crippen LogP contribution in [0.5, 0.6) is 0 Å². The number of carbonyl (C=O) groups is 1. The topological polar surface area (TPSA) is 42.2 Å². The third-order valence-electron chi connectivity index (χ3n) is 1.05. The largest absolute Gasteiger partial charge is 0.477 e. The number of carboxylic acid groups (broad SMARTS) is 1. The number of hydrogen-bond donors (Lipinski definition) is 1. The minimum Gasteiger partial charge on any atom is -0.477 e. The van der Waals surface area contributed by atoms with Crippen LogP contribution in [0, 0.1) is 7.05 Å². The Bertz CT molecular complexity index is 227. The molecule has 47 valence electrons. The summed E-state index contributed by atoms with van der Waals surface area (Å²) in [5.41, 5.74) is 0.204. The van der Waals surface area contributed by atoms with Crippen molar-refractivity contribution >= 4 is 5.97 Å². The van der Waals surface area contributed by atoms with Gasteiger partial charge in [0.1, 0.15) is 5.69 Å². The molecule has 0 bridgehead atoms. The average molecular weight is 124 g/mol. The Hall–Kier alpha value is -1.25. The highest BCUT2D eigenvalue weighted by atomic mass is 16.4. The predicted molar refractivity (Wildman–Crippen MR) is 32.1 cm³/mol. The van der Waals surface area contributed by atoms with Gasteiger partial charge in [0, 0.05) is 13.2 Å². The Morgan fingerprint density at radius 1 is 1.78 bits per heavy atom. The molecule has 0 spiro atoms. The number of carboxylic acids is 1. The van der Waals surface area contributed by atoms with E-state index in [9.17, 15) is 4.79 Å². The maximum Gasteiger partial charge on any atom is 0.352 e. The normalized spacial score (nSPS) is 9.44. The monoisotopic (exact) mass is 124 g/mol. The molecule has 1 heterocycles. The van der Waals surface area contributed by atoms with Gasteiger partial charge in [-0.05, 0) is 12.1 Å². The molecule has 1 N–H and O–H groups in total. The van der Waals surface area contributed by atoms with Crippen molar-refractivity contribution in [3.05, 3.63) is 31.1 Å². The lowest BCUT2D eigenvalue weighted by Crippen LogP contribution is -2.01. The molecule has 0 aliphatic carbocycles. The van der Waals surface area contributed by atoms with E-state index in [1.807, 2.05) is 0 Å². The molecule has 0 fully saturated rings. The van der Waals surface area contributed by atoms with E-state index in [1.54, 1.807) is 12.3 Å². The van der Waals surface area contributed by atoms with Gasteiger partial charge in [-0.25, -0.2) is 4.79 Å². The molecule has 0 aliphatic heterocycles. The molecule has 0 saturated carbocycles. The fourth-order valence-corrected chi connectivity index (χ4v) is 0.608. The highest BCUT2D eigenvalue weighted by Crippen LogP contribution is 1.98. The molecular formula is C6H6NO2. The van der Waals surface area contributed by atoms with Crippen molar-refractivity contribution in [1.82, 2.24) is 4.57 Å². The van der Waals surface area contributed by atoms with E-state index in [0.717, 1.165) is 0 Å². The van der Waals surface area contributed by atoms with Gasteiger partial charge in [-0.15, -0.1) is 0 Å². The van der Waals surface area contributed by atoms with Crippen molar-refractivity contribution in [3.8, 4) is 0 Å². The second-order valence-corrected chi connectivity index (χ2v) is 1.67. The molecule has 0 unspecified atom stereocenters. The zero-order valence-corrected chi connectivity index (χ0v) is 4.74. The van der Waals surface area contributed by atoms with Crippen LogP contribution in [0.1, 0.15) is 10.5 Å². The van der Waals surface area contributed by atoms with Crippen LogP contribution < -0.4 is 0 Å². The number of hydrogen-bond acceptors (Lipinski definition) is 1. The molecule has 1 aromatic heterocycles. The van der Waals surface area contributed by atoms with E-state index in [4.69, 9.17) is 5.11 Å². The Labute approximate surface area is 52.5 Å². The first-order chi connectivity index (χ1) is 4.22. The number of aromatic carboxylic acids is 1. The second-order valence-electron chi connectivity index (χ2n) is 1.67. The average Bonchev–Trinajstić information content (AvgIpc) is 2.13. The molecule has 1 radical (unpaired) electrons. The van der Waals surface area contributed by atoms with Gasteiger partial charge in [0.05, 0.1) is 0 Å². The molecular weight excluding hydrogens is 118 g/mol. The van der Waals surface area contributed by atoms with Crippen LogP contribution >= 0.6 is 0 Å². The minimum atomic E-state index is -0.949. The fourth-order valence-electron chi connectivity index (χ4n) is 0.608. The van der Waals surface area contributed by atoms with E-state index in [-0.39, 0.29) is 5.69 Å². The van der Waals surface area contributed by atoms with Crippen molar-refractivity contribution in [2.24, 2.45) is 0 Å². The number of rotatable bonds is 1. The summed E-state index contributed by atoms with van der Waals surface area (Å²) in [6, 6.07) is 3.13. The fraction of sp³-hybridized carbons (Fsp3) is 0. The molecule has 3 heteroatoms. The van der Waals surface area contributed by atoms with Gasteiger partial charge >= 0.3 is 5.97 Å². The van der Waals surface area contributed by atoms with E-state index >= 15 is 0 Å². The van der Waals surface area contributed by atoms with Gasteiger partial charge in [0.25, 0.3) is 0 Å². The Kier molecular flexibility index (Phi) is 1.26. The molecule has 0 saturated heterocycles. The summed E-state index contributed by atoms with van der Waals surface area (Å²) in [6.07, 6.45) is 1.59. The Balaban J connectivity index is 3.08. The van der Waals surface area contributed by atoms with Gasteiger partial charge in [-0.3, -0.25) is 0 Å².